The number of ether oxygens (including phenoxy) is 2. The molecule has 4 rings (SSSR count). The first-order valence-corrected chi connectivity index (χ1v) is 8.99. The molecule has 0 spiro atoms. The number of methoxy groups -OCH3 is 1. The van der Waals surface area contributed by atoms with Gasteiger partial charge in [-0.05, 0) is 43.5 Å². The van der Waals surface area contributed by atoms with E-state index < -0.39 is 0 Å². The molecule has 2 fully saturated rings. The van der Waals surface area contributed by atoms with Crippen LogP contribution in [0.1, 0.15) is 36.2 Å². The van der Waals surface area contributed by atoms with Gasteiger partial charge in [-0.25, -0.2) is 4.79 Å². The van der Waals surface area contributed by atoms with E-state index in [0.717, 1.165) is 17.9 Å². The van der Waals surface area contributed by atoms with Crippen LogP contribution in [0.3, 0.4) is 0 Å². The Morgan fingerprint density at radius 2 is 2.17 bits per heavy atom. The van der Waals surface area contributed by atoms with Crippen molar-refractivity contribution < 1.29 is 36.0 Å². The van der Waals surface area contributed by atoms with Gasteiger partial charge < -0.3 is 21.9 Å². The molecule has 24 heavy (non-hydrogen) atoms. The Morgan fingerprint density at radius 1 is 1.38 bits per heavy atom. The smallest absolute Gasteiger partial charge is 0.345 e. The summed E-state index contributed by atoms with van der Waals surface area (Å²) >= 11 is 1.73. The number of halogens is 1. The molecule has 130 valence electrons. The van der Waals surface area contributed by atoms with Gasteiger partial charge in [0.05, 0.1) is 24.9 Å². The second kappa shape index (κ2) is 6.56. The molecule has 0 amide bonds. The predicted octanol–water partition coefficient (Wildman–Crippen LogP) is -1.00. The third-order valence-electron chi connectivity index (χ3n) is 5.43. The van der Waals surface area contributed by atoms with Gasteiger partial charge in [0, 0.05) is 12.0 Å². The van der Waals surface area contributed by atoms with E-state index in [0.29, 0.717) is 35.3 Å². The maximum atomic E-state index is 12.2. The van der Waals surface area contributed by atoms with Crippen molar-refractivity contribution >= 4 is 23.7 Å². The Balaban J connectivity index is 0.00000169. The van der Waals surface area contributed by atoms with Gasteiger partial charge in [-0.3, -0.25) is 4.79 Å². The number of pyridine rings is 1. The molecule has 1 aromatic heterocycles. The highest BCUT2D eigenvalue weighted by molar-refractivity contribution is 8.00. The molecule has 5 atom stereocenters. The van der Waals surface area contributed by atoms with Crippen LogP contribution in [0, 0.1) is 17.8 Å². The van der Waals surface area contributed by atoms with E-state index in [2.05, 4.69) is 10.8 Å². The SMILES string of the molecule is CCOC(=O)C1CC2CC1C1Sc3c(C(=O)OC)ccc[n+]3C21.[Cl-]. The van der Waals surface area contributed by atoms with Crippen LogP contribution in [0.15, 0.2) is 23.4 Å². The number of carbonyl (C=O) groups is 2. The highest BCUT2D eigenvalue weighted by Crippen LogP contribution is 2.60. The standard InChI is InChI=1S/C17H20NO4S.ClH/c1-3-22-17(20)12-8-9-7-11(12)14-13(9)18-6-4-5-10(15(18)23-14)16(19)21-2;/h4-6,9,11-14H,3,7-8H2,1-2H3;1H/q+1;/p-1. The number of aromatic nitrogens is 1. The first kappa shape index (κ1) is 17.5. The Hall–Kier alpha value is -1.27. The summed E-state index contributed by atoms with van der Waals surface area (Å²) in [7, 11) is 1.41. The Kier molecular flexibility index (Phi) is 4.80. The zero-order chi connectivity index (χ0) is 16.1. The second-order valence-electron chi connectivity index (χ2n) is 6.45. The molecule has 5 nitrogen and oxygen atoms in total. The van der Waals surface area contributed by atoms with Crippen LogP contribution < -0.4 is 17.0 Å². The van der Waals surface area contributed by atoms with Gasteiger partial charge in [-0.2, -0.15) is 4.57 Å². The van der Waals surface area contributed by atoms with Crippen LogP contribution in [-0.2, 0) is 14.3 Å². The van der Waals surface area contributed by atoms with Crippen molar-refractivity contribution in [3.05, 3.63) is 23.9 Å². The Bertz CT molecular complexity index is 683. The van der Waals surface area contributed by atoms with E-state index in [1.807, 2.05) is 19.1 Å². The second-order valence-corrected chi connectivity index (χ2v) is 7.62. The van der Waals surface area contributed by atoms with E-state index in [9.17, 15) is 9.59 Å². The van der Waals surface area contributed by atoms with Crippen molar-refractivity contribution in [1.29, 1.82) is 0 Å². The predicted molar refractivity (Wildman–Crippen MR) is 83.0 cm³/mol. The lowest BCUT2D eigenvalue weighted by Gasteiger charge is -2.25. The lowest BCUT2D eigenvalue weighted by Crippen LogP contribution is -3.00. The summed E-state index contributed by atoms with van der Waals surface area (Å²) in [5, 5.41) is 1.34. The fourth-order valence-corrected chi connectivity index (χ4v) is 6.41. The normalized spacial score (nSPS) is 31.8. The van der Waals surface area contributed by atoms with Gasteiger partial charge in [-0.15, -0.1) is 0 Å². The van der Waals surface area contributed by atoms with Crippen molar-refractivity contribution in [1.82, 2.24) is 0 Å². The summed E-state index contributed by atoms with van der Waals surface area (Å²) in [6.07, 6.45) is 4.04. The third-order valence-corrected chi connectivity index (χ3v) is 6.98. The first-order chi connectivity index (χ1) is 11.2. The number of hydrogen-bond acceptors (Lipinski definition) is 5. The zero-order valence-corrected chi connectivity index (χ0v) is 15.2. The maximum absolute atomic E-state index is 12.2. The molecule has 2 aliphatic carbocycles. The van der Waals surface area contributed by atoms with E-state index >= 15 is 0 Å². The van der Waals surface area contributed by atoms with E-state index in [4.69, 9.17) is 9.47 Å². The molecule has 2 saturated carbocycles. The van der Waals surface area contributed by atoms with Gasteiger partial charge in [0.15, 0.2) is 12.2 Å². The average Bonchev–Trinajstić information content (AvgIpc) is 3.23. The van der Waals surface area contributed by atoms with Crippen LogP contribution in [0.4, 0.5) is 0 Å². The zero-order valence-electron chi connectivity index (χ0n) is 13.6. The molecule has 0 saturated heterocycles. The lowest BCUT2D eigenvalue weighted by atomic mass is 9.85. The number of carbonyl (C=O) groups excluding carboxylic acids is 2. The molecule has 2 bridgehead atoms. The van der Waals surface area contributed by atoms with Crippen molar-refractivity contribution in [3.63, 3.8) is 0 Å². The highest BCUT2D eigenvalue weighted by atomic mass is 35.5. The van der Waals surface area contributed by atoms with Crippen LogP contribution >= 0.6 is 11.8 Å². The molecule has 0 N–H and O–H groups in total. The fourth-order valence-electron chi connectivity index (χ4n) is 4.60. The van der Waals surface area contributed by atoms with Gasteiger partial charge in [0.1, 0.15) is 5.56 Å². The monoisotopic (exact) mass is 369 g/mol. The Labute approximate surface area is 151 Å². The minimum absolute atomic E-state index is 0. The molecule has 3 aliphatic rings. The third kappa shape index (κ3) is 2.42. The topological polar surface area (TPSA) is 56.5 Å². The highest BCUT2D eigenvalue weighted by Gasteiger charge is 2.63. The number of thioether (sulfide) groups is 1. The molecular weight excluding hydrogens is 350 g/mol. The summed E-state index contributed by atoms with van der Waals surface area (Å²) in [5.41, 5.74) is 0.626. The average molecular weight is 370 g/mol. The quantitative estimate of drug-likeness (QED) is 0.505. The van der Waals surface area contributed by atoms with Crippen molar-refractivity contribution in [2.45, 2.75) is 36.1 Å². The van der Waals surface area contributed by atoms with E-state index in [1.165, 1.54) is 7.11 Å². The first-order valence-electron chi connectivity index (χ1n) is 8.11. The van der Waals surface area contributed by atoms with Crippen molar-refractivity contribution in [2.24, 2.45) is 17.8 Å². The molecule has 7 heteroatoms. The minimum atomic E-state index is -0.295. The number of fused-ring (bicyclic) bond motifs is 7. The van der Waals surface area contributed by atoms with Crippen molar-refractivity contribution in [2.75, 3.05) is 13.7 Å². The van der Waals surface area contributed by atoms with E-state index in [-0.39, 0.29) is 30.3 Å². The number of hydrogen-bond donors (Lipinski definition) is 0. The minimum Gasteiger partial charge on any atom is -1.00 e. The molecule has 1 aromatic rings. The van der Waals surface area contributed by atoms with Crippen LogP contribution in [-0.4, -0.2) is 30.9 Å². The van der Waals surface area contributed by atoms with Crippen LogP contribution in [0.2, 0.25) is 0 Å². The largest absolute Gasteiger partial charge is 1.00 e. The van der Waals surface area contributed by atoms with Gasteiger partial charge in [0.25, 0.3) is 5.03 Å². The summed E-state index contributed by atoms with van der Waals surface area (Å²) in [5.74, 6) is 0.514. The molecule has 0 radical (unpaired) electrons. The van der Waals surface area contributed by atoms with E-state index in [1.54, 1.807) is 11.8 Å². The Morgan fingerprint density at radius 3 is 2.88 bits per heavy atom. The lowest BCUT2D eigenvalue weighted by molar-refractivity contribution is -0.756. The van der Waals surface area contributed by atoms with Gasteiger partial charge >= 0.3 is 11.9 Å². The number of esters is 2. The molecule has 2 heterocycles. The number of rotatable bonds is 3. The van der Waals surface area contributed by atoms with Gasteiger partial charge in [0.2, 0.25) is 0 Å². The van der Waals surface area contributed by atoms with Crippen LogP contribution in [0.5, 0.6) is 0 Å². The summed E-state index contributed by atoms with van der Waals surface area (Å²) in [6, 6.07) is 4.11. The fraction of sp³-hybridized carbons (Fsp3) is 0.588. The molecule has 0 aromatic carbocycles. The molecule has 5 unspecified atom stereocenters. The number of nitrogens with zero attached hydrogens (tertiary/aromatic N) is 1. The van der Waals surface area contributed by atoms with Crippen molar-refractivity contribution in [3.8, 4) is 0 Å². The maximum Gasteiger partial charge on any atom is 0.345 e. The summed E-state index contributed by atoms with van der Waals surface area (Å²) in [4.78, 5) is 24.2. The van der Waals surface area contributed by atoms with Crippen LogP contribution in [0.25, 0.3) is 0 Å². The molecular formula is C17H20ClNO4S. The molecule has 1 aliphatic heterocycles. The van der Waals surface area contributed by atoms with Gasteiger partial charge in [-0.1, -0.05) is 0 Å². The summed E-state index contributed by atoms with van der Waals surface area (Å²) in [6.45, 7) is 2.29. The summed E-state index contributed by atoms with van der Waals surface area (Å²) < 4.78 is 12.4.